The van der Waals surface area contributed by atoms with Crippen LogP contribution in [0.15, 0.2) is 6.07 Å². The predicted octanol–water partition coefficient (Wildman–Crippen LogP) is 0.970. The summed E-state index contributed by atoms with van der Waals surface area (Å²) in [7, 11) is 4.04. The number of hydrogen-bond donors (Lipinski definition) is 1. The van der Waals surface area contributed by atoms with E-state index < -0.39 is 0 Å². The van der Waals surface area contributed by atoms with Crippen molar-refractivity contribution in [2.24, 2.45) is 7.05 Å². The van der Waals surface area contributed by atoms with Gasteiger partial charge in [-0.25, -0.2) is 0 Å². The lowest BCUT2D eigenvalue weighted by molar-refractivity contribution is -0.0453. The number of nitrogens with zero attached hydrogens (tertiary/aromatic N) is 3. The molecule has 0 aromatic carbocycles. The van der Waals surface area contributed by atoms with Crippen molar-refractivity contribution in [1.82, 2.24) is 20.0 Å². The number of likely N-dealkylation sites (N-methyl/N-ethyl adjacent to an activating group) is 1. The molecule has 2 rings (SSSR count). The minimum atomic E-state index is 0.260. The van der Waals surface area contributed by atoms with E-state index in [1.807, 2.05) is 25.7 Å². The summed E-state index contributed by atoms with van der Waals surface area (Å²) in [6.07, 6.45) is 2.42. The van der Waals surface area contributed by atoms with Gasteiger partial charge in [-0.05, 0) is 33.0 Å². The third kappa shape index (κ3) is 3.81. The van der Waals surface area contributed by atoms with Crippen molar-refractivity contribution in [3.05, 3.63) is 17.5 Å². The predicted molar refractivity (Wildman–Crippen MR) is 81.0 cm³/mol. The summed E-state index contributed by atoms with van der Waals surface area (Å²) in [4.78, 5) is 2.51. The van der Waals surface area contributed by atoms with E-state index in [9.17, 15) is 0 Å². The molecule has 1 aromatic rings. The highest BCUT2D eigenvalue weighted by molar-refractivity contribution is 5.10. The van der Waals surface area contributed by atoms with Crippen LogP contribution in [-0.4, -0.2) is 60.1 Å². The van der Waals surface area contributed by atoms with Gasteiger partial charge in [0.2, 0.25) is 0 Å². The molecule has 5 nitrogen and oxygen atoms in total. The Labute approximate surface area is 122 Å². The lowest BCUT2D eigenvalue weighted by atomic mass is 10.0. The van der Waals surface area contributed by atoms with Gasteiger partial charge in [-0.15, -0.1) is 0 Å². The molecule has 1 fully saturated rings. The van der Waals surface area contributed by atoms with Crippen molar-refractivity contribution in [1.29, 1.82) is 0 Å². The molecule has 0 amide bonds. The number of rotatable bonds is 6. The van der Waals surface area contributed by atoms with E-state index in [-0.39, 0.29) is 6.10 Å². The first-order valence-electron chi connectivity index (χ1n) is 7.64. The summed E-state index contributed by atoms with van der Waals surface area (Å²) in [5.41, 5.74) is 2.34. The molecular formula is C15H28N4O. The number of aromatic nitrogens is 2. The van der Waals surface area contributed by atoms with Crippen LogP contribution in [0.1, 0.15) is 24.7 Å². The topological polar surface area (TPSA) is 42.3 Å². The van der Waals surface area contributed by atoms with Crippen LogP contribution in [-0.2, 0) is 18.2 Å². The third-order valence-electron chi connectivity index (χ3n) is 4.06. The molecule has 0 radical (unpaired) electrons. The summed E-state index contributed by atoms with van der Waals surface area (Å²) in [6.45, 7) is 8.37. The van der Waals surface area contributed by atoms with Gasteiger partial charge < -0.3 is 10.1 Å². The fourth-order valence-corrected chi connectivity index (χ4v) is 2.99. The Morgan fingerprint density at radius 2 is 2.35 bits per heavy atom. The lowest BCUT2D eigenvalue weighted by Gasteiger charge is -2.36. The van der Waals surface area contributed by atoms with Gasteiger partial charge >= 0.3 is 0 Å². The normalized spacial score (nSPS) is 22.1. The second-order valence-corrected chi connectivity index (χ2v) is 5.71. The zero-order valence-corrected chi connectivity index (χ0v) is 13.2. The molecule has 5 heteroatoms. The first kappa shape index (κ1) is 15.5. The van der Waals surface area contributed by atoms with E-state index in [0.29, 0.717) is 6.04 Å². The first-order valence-corrected chi connectivity index (χ1v) is 7.64. The van der Waals surface area contributed by atoms with Crippen molar-refractivity contribution < 1.29 is 4.74 Å². The van der Waals surface area contributed by atoms with Crippen molar-refractivity contribution in [2.75, 3.05) is 33.3 Å². The number of aryl methyl sites for hydroxylation is 2. The Morgan fingerprint density at radius 1 is 1.55 bits per heavy atom. The van der Waals surface area contributed by atoms with Gasteiger partial charge in [0.25, 0.3) is 0 Å². The molecule has 0 aliphatic carbocycles. The molecule has 1 saturated heterocycles. The average molecular weight is 280 g/mol. The smallest absolute Gasteiger partial charge is 0.0858 e. The fraction of sp³-hybridized carbons (Fsp3) is 0.800. The molecule has 1 aliphatic heterocycles. The van der Waals surface area contributed by atoms with Crippen LogP contribution in [0.25, 0.3) is 0 Å². The number of hydrogen-bond acceptors (Lipinski definition) is 4. The molecule has 0 saturated carbocycles. The third-order valence-corrected chi connectivity index (χ3v) is 4.06. The molecule has 114 valence electrons. The van der Waals surface area contributed by atoms with E-state index >= 15 is 0 Å². The fourth-order valence-electron chi connectivity index (χ4n) is 2.99. The van der Waals surface area contributed by atoms with Gasteiger partial charge in [0, 0.05) is 38.3 Å². The van der Waals surface area contributed by atoms with Crippen LogP contribution < -0.4 is 5.32 Å². The number of nitrogens with one attached hydrogen (secondary N) is 1. The quantitative estimate of drug-likeness (QED) is 0.843. The minimum Gasteiger partial charge on any atom is -0.374 e. The Kier molecular flexibility index (Phi) is 5.57. The molecule has 20 heavy (non-hydrogen) atoms. The summed E-state index contributed by atoms with van der Waals surface area (Å²) >= 11 is 0. The molecule has 1 aromatic heterocycles. The Balaban J connectivity index is 1.98. The van der Waals surface area contributed by atoms with Crippen molar-refractivity contribution in [3.63, 3.8) is 0 Å². The maximum Gasteiger partial charge on any atom is 0.0858 e. The summed E-state index contributed by atoms with van der Waals surface area (Å²) < 4.78 is 7.97. The molecule has 2 heterocycles. The summed E-state index contributed by atoms with van der Waals surface area (Å²) in [5, 5.41) is 7.85. The minimum absolute atomic E-state index is 0.260. The largest absolute Gasteiger partial charge is 0.374 e. The molecule has 1 aliphatic rings. The van der Waals surface area contributed by atoms with Gasteiger partial charge in [-0.2, -0.15) is 5.10 Å². The Bertz CT molecular complexity index is 416. The van der Waals surface area contributed by atoms with Crippen LogP contribution in [0, 0.1) is 6.92 Å². The van der Waals surface area contributed by atoms with Crippen molar-refractivity contribution in [3.8, 4) is 0 Å². The second-order valence-electron chi connectivity index (χ2n) is 5.71. The maximum atomic E-state index is 5.99. The average Bonchev–Trinajstić information content (AvgIpc) is 2.75. The summed E-state index contributed by atoms with van der Waals surface area (Å²) in [6, 6.07) is 2.50. The zero-order chi connectivity index (χ0) is 14.5. The highest BCUT2D eigenvalue weighted by atomic mass is 16.5. The highest BCUT2D eigenvalue weighted by Crippen LogP contribution is 2.14. The monoisotopic (exact) mass is 280 g/mol. The Hall–Kier alpha value is -0.910. The van der Waals surface area contributed by atoms with Crippen molar-refractivity contribution in [2.45, 2.75) is 38.8 Å². The molecule has 1 N–H and O–H groups in total. The molecule has 2 unspecified atom stereocenters. The maximum absolute atomic E-state index is 5.99. The summed E-state index contributed by atoms with van der Waals surface area (Å²) in [5.74, 6) is 0. The molecular weight excluding hydrogens is 252 g/mol. The van der Waals surface area contributed by atoms with Crippen LogP contribution in [0.5, 0.6) is 0 Å². The standard InChI is InChI=1S/C15H28N4O/c1-5-6-19-7-8-20-15(11-19)14(16-3)10-13-9-12(2)17-18(13)4/h9,14-16H,5-8,10-11H2,1-4H3. The zero-order valence-electron chi connectivity index (χ0n) is 13.2. The lowest BCUT2D eigenvalue weighted by Crippen LogP contribution is -2.52. The van der Waals surface area contributed by atoms with Crippen LogP contribution >= 0.6 is 0 Å². The first-order chi connectivity index (χ1) is 9.63. The van der Waals surface area contributed by atoms with Crippen LogP contribution in [0.4, 0.5) is 0 Å². The van der Waals surface area contributed by atoms with Gasteiger partial charge in [-0.3, -0.25) is 9.58 Å². The van der Waals surface area contributed by atoms with Gasteiger partial charge in [0.1, 0.15) is 0 Å². The second kappa shape index (κ2) is 7.20. The van der Waals surface area contributed by atoms with E-state index in [1.54, 1.807) is 0 Å². The molecule has 0 bridgehead atoms. The van der Waals surface area contributed by atoms with E-state index in [4.69, 9.17) is 4.74 Å². The molecule has 2 atom stereocenters. The van der Waals surface area contributed by atoms with Gasteiger partial charge in [-0.1, -0.05) is 6.92 Å². The number of ether oxygens (including phenoxy) is 1. The van der Waals surface area contributed by atoms with Crippen LogP contribution in [0.3, 0.4) is 0 Å². The Morgan fingerprint density at radius 3 is 2.95 bits per heavy atom. The van der Waals surface area contributed by atoms with E-state index in [2.05, 4.69) is 28.3 Å². The SMILES string of the molecule is CCCN1CCOC(C(Cc2cc(C)nn2C)NC)C1. The van der Waals surface area contributed by atoms with Crippen LogP contribution in [0.2, 0.25) is 0 Å². The van der Waals surface area contributed by atoms with Crippen molar-refractivity contribution >= 4 is 0 Å². The van der Waals surface area contributed by atoms with Gasteiger partial charge in [0.15, 0.2) is 0 Å². The van der Waals surface area contributed by atoms with Gasteiger partial charge in [0.05, 0.1) is 18.4 Å². The molecule has 0 spiro atoms. The van der Waals surface area contributed by atoms with E-state index in [1.165, 1.54) is 18.7 Å². The highest BCUT2D eigenvalue weighted by Gasteiger charge is 2.27. The number of morpholine rings is 1. The van der Waals surface area contributed by atoms with E-state index in [0.717, 1.165) is 31.8 Å².